The summed E-state index contributed by atoms with van der Waals surface area (Å²) in [7, 11) is 0. The summed E-state index contributed by atoms with van der Waals surface area (Å²) in [6, 6.07) is 8.76. The molecule has 1 aromatic rings. The molecule has 1 aliphatic heterocycles. The average molecular weight is 292 g/mol. The van der Waals surface area contributed by atoms with Crippen LogP contribution in [0.2, 0.25) is 0 Å². The lowest BCUT2D eigenvalue weighted by molar-refractivity contribution is -0.122. The van der Waals surface area contributed by atoms with Crippen molar-refractivity contribution in [3.63, 3.8) is 0 Å². The number of carbonyl (C=O) groups is 1. The van der Waals surface area contributed by atoms with Gasteiger partial charge in [-0.1, -0.05) is 30.3 Å². The Balaban J connectivity index is 1.54. The van der Waals surface area contributed by atoms with Crippen molar-refractivity contribution in [1.82, 2.24) is 5.32 Å². The van der Waals surface area contributed by atoms with Crippen molar-refractivity contribution in [2.45, 2.75) is 31.4 Å². The Kier molecular flexibility index (Phi) is 6.66. The van der Waals surface area contributed by atoms with E-state index in [1.54, 1.807) is 0 Å². The predicted molar refractivity (Wildman–Crippen MR) is 80.8 cm³/mol. The first-order chi connectivity index (χ1) is 10.3. The van der Waals surface area contributed by atoms with Crippen molar-refractivity contribution in [2.24, 2.45) is 5.73 Å². The van der Waals surface area contributed by atoms with Crippen LogP contribution in [-0.4, -0.2) is 38.4 Å². The molecule has 1 aliphatic rings. The zero-order valence-corrected chi connectivity index (χ0v) is 12.3. The fraction of sp³-hybridized carbons (Fsp3) is 0.562. The van der Waals surface area contributed by atoms with Crippen LogP contribution in [-0.2, 0) is 14.3 Å². The average Bonchev–Trinajstić information content (AvgIpc) is 3.04. The van der Waals surface area contributed by atoms with Gasteiger partial charge >= 0.3 is 0 Å². The van der Waals surface area contributed by atoms with Crippen LogP contribution < -0.4 is 11.1 Å². The van der Waals surface area contributed by atoms with Gasteiger partial charge in [0.1, 0.15) is 6.04 Å². The second-order valence-electron chi connectivity index (χ2n) is 5.24. The smallest absolute Gasteiger partial charge is 0.241 e. The lowest BCUT2D eigenvalue weighted by Crippen LogP contribution is -2.35. The van der Waals surface area contributed by atoms with Gasteiger partial charge in [-0.15, -0.1) is 0 Å². The molecule has 2 unspecified atom stereocenters. The summed E-state index contributed by atoms with van der Waals surface area (Å²) in [5.74, 6) is -0.152. The van der Waals surface area contributed by atoms with E-state index in [4.69, 9.17) is 15.2 Å². The second-order valence-corrected chi connectivity index (χ2v) is 5.24. The van der Waals surface area contributed by atoms with E-state index in [2.05, 4.69) is 5.32 Å². The van der Waals surface area contributed by atoms with Crippen molar-refractivity contribution in [3.8, 4) is 0 Å². The Morgan fingerprint density at radius 2 is 2.24 bits per heavy atom. The quantitative estimate of drug-likeness (QED) is 0.710. The van der Waals surface area contributed by atoms with Crippen molar-refractivity contribution >= 4 is 5.91 Å². The Morgan fingerprint density at radius 1 is 1.43 bits per heavy atom. The van der Waals surface area contributed by atoms with Crippen LogP contribution >= 0.6 is 0 Å². The lowest BCUT2D eigenvalue weighted by Gasteiger charge is -2.13. The number of hydrogen-bond acceptors (Lipinski definition) is 4. The summed E-state index contributed by atoms with van der Waals surface area (Å²) in [4.78, 5) is 11.9. The fourth-order valence-corrected chi connectivity index (χ4v) is 2.30. The van der Waals surface area contributed by atoms with E-state index in [1.807, 2.05) is 30.3 Å². The molecular weight excluding hydrogens is 268 g/mol. The molecule has 1 amide bonds. The first kappa shape index (κ1) is 15.9. The van der Waals surface area contributed by atoms with E-state index in [0.29, 0.717) is 19.8 Å². The highest BCUT2D eigenvalue weighted by molar-refractivity contribution is 5.82. The first-order valence-corrected chi connectivity index (χ1v) is 7.55. The van der Waals surface area contributed by atoms with Crippen LogP contribution in [0, 0.1) is 0 Å². The number of carbonyl (C=O) groups excluding carboxylic acids is 1. The Bertz CT molecular complexity index is 419. The monoisotopic (exact) mass is 292 g/mol. The molecule has 21 heavy (non-hydrogen) atoms. The van der Waals surface area contributed by atoms with Crippen molar-refractivity contribution in [3.05, 3.63) is 35.9 Å². The molecule has 2 atom stereocenters. The molecule has 0 radical (unpaired) electrons. The molecule has 1 fully saturated rings. The third-order valence-electron chi connectivity index (χ3n) is 3.53. The minimum absolute atomic E-state index is 0.152. The molecule has 2 rings (SSSR count). The van der Waals surface area contributed by atoms with E-state index in [-0.39, 0.29) is 12.0 Å². The number of nitrogens with two attached hydrogens (primary N) is 1. The molecule has 5 heteroatoms. The van der Waals surface area contributed by atoms with Gasteiger partial charge < -0.3 is 20.5 Å². The van der Waals surface area contributed by atoms with Gasteiger partial charge in [0.25, 0.3) is 0 Å². The van der Waals surface area contributed by atoms with Crippen LogP contribution in [0.25, 0.3) is 0 Å². The van der Waals surface area contributed by atoms with Crippen molar-refractivity contribution in [1.29, 1.82) is 0 Å². The lowest BCUT2D eigenvalue weighted by atomic mass is 10.1. The molecule has 116 valence electrons. The van der Waals surface area contributed by atoms with Crippen molar-refractivity contribution < 1.29 is 14.3 Å². The highest BCUT2D eigenvalue weighted by atomic mass is 16.5. The van der Waals surface area contributed by atoms with E-state index < -0.39 is 6.04 Å². The largest absolute Gasteiger partial charge is 0.379 e. The third-order valence-corrected chi connectivity index (χ3v) is 3.53. The van der Waals surface area contributed by atoms with Crippen LogP contribution in [0.1, 0.15) is 30.9 Å². The standard InChI is InChI=1S/C16H24N2O3/c17-15(13-6-2-1-3-7-13)16(19)18-9-5-10-20-12-14-8-4-11-21-14/h1-3,6-7,14-15H,4-5,8-12,17H2,(H,18,19). The van der Waals surface area contributed by atoms with Gasteiger partial charge in [-0.3, -0.25) is 4.79 Å². The van der Waals surface area contributed by atoms with Crippen molar-refractivity contribution in [2.75, 3.05) is 26.4 Å². The first-order valence-electron chi connectivity index (χ1n) is 7.55. The third kappa shape index (κ3) is 5.46. The molecule has 0 spiro atoms. The van der Waals surface area contributed by atoms with Gasteiger partial charge in [-0.25, -0.2) is 0 Å². The maximum atomic E-state index is 11.9. The number of ether oxygens (including phenoxy) is 2. The van der Waals surface area contributed by atoms with Crippen LogP contribution in [0.15, 0.2) is 30.3 Å². The number of amides is 1. The van der Waals surface area contributed by atoms with E-state index in [1.165, 1.54) is 0 Å². The summed E-state index contributed by atoms with van der Waals surface area (Å²) in [5, 5.41) is 2.83. The molecule has 0 aliphatic carbocycles. The molecule has 5 nitrogen and oxygen atoms in total. The molecule has 3 N–H and O–H groups in total. The van der Waals surface area contributed by atoms with Gasteiger partial charge in [-0.05, 0) is 24.8 Å². The minimum atomic E-state index is -0.612. The summed E-state index contributed by atoms with van der Waals surface area (Å²) < 4.78 is 11.0. The topological polar surface area (TPSA) is 73.6 Å². The van der Waals surface area contributed by atoms with Gasteiger partial charge in [0, 0.05) is 19.8 Å². The molecule has 0 bridgehead atoms. The van der Waals surface area contributed by atoms with Gasteiger partial charge in [0.05, 0.1) is 12.7 Å². The predicted octanol–water partition coefficient (Wildman–Crippen LogP) is 1.39. The maximum absolute atomic E-state index is 11.9. The number of hydrogen-bond donors (Lipinski definition) is 2. The summed E-state index contributed by atoms with van der Waals surface area (Å²) >= 11 is 0. The molecule has 1 heterocycles. The van der Waals surface area contributed by atoms with Gasteiger partial charge in [-0.2, -0.15) is 0 Å². The van der Waals surface area contributed by atoms with Crippen LogP contribution in [0.5, 0.6) is 0 Å². The van der Waals surface area contributed by atoms with Gasteiger partial charge in [0.2, 0.25) is 5.91 Å². The zero-order chi connectivity index (χ0) is 14.9. The highest BCUT2D eigenvalue weighted by Gasteiger charge is 2.16. The summed E-state index contributed by atoms with van der Waals surface area (Å²) in [6.07, 6.45) is 3.25. The maximum Gasteiger partial charge on any atom is 0.241 e. The normalized spacial score (nSPS) is 19.4. The zero-order valence-electron chi connectivity index (χ0n) is 12.3. The summed E-state index contributed by atoms with van der Waals surface area (Å²) in [6.45, 7) is 2.70. The number of nitrogens with one attached hydrogen (secondary N) is 1. The van der Waals surface area contributed by atoms with E-state index in [9.17, 15) is 4.79 Å². The Morgan fingerprint density at radius 3 is 2.95 bits per heavy atom. The fourth-order valence-electron chi connectivity index (χ4n) is 2.30. The molecular formula is C16H24N2O3. The van der Waals surface area contributed by atoms with Crippen LogP contribution in [0.4, 0.5) is 0 Å². The second kappa shape index (κ2) is 8.77. The molecule has 0 saturated carbocycles. The molecule has 0 aromatic heterocycles. The Labute approximate surface area is 125 Å². The Hall–Kier alpha value is -1.43. The van der Waals surface area contributed by atoms with Gasteiger partial charge in [0.15, 0.2) is 0 Å². The molecule has 1 aromatic carbocycles. The van der Waals surface area contributed by atoms with Crippen LogP contribution in [0.3, 0.4) is 0 Å². The minimum Gasteiger partial charge on any atom is -0.379 e. The number of rotatable bonds is 8. The SMILES string of the molecule is NC(C(=O)NCCCOCC1CCCO1)c1ccccc1. The van der Waals surface area contributed by atoms with E-state index in [0.717, 1.165) is 31.4 Å². The summed E-state index contributed by atoms with van der Waals surface area (Å²) in [5.41, 5.74) is 6.73. The molecule has 1 saturated heterocycles. The van der Waals surface area contributed by atoms with E-state index >= 15 is 0 Å². The number of benzene rings is 1. The highest BCUT2D eigenvalue weighted by Crippen LogP contribution is 2.12.